The molecular formula is C14H16N2. The van der Waals surface area contributed by atoms with Crippen molar-refractivity contribution in [2.75, 3.05) is 0 Å². The van der Waals surface area contributed by atoms with Gasteiger partial charge in [0.15, 0.2) is 0 Å². The molecule has 0 aromatic carbocycles. The lowest BCUT2D eigenvalue weighted by Gasteiger charge is -2.23. The van der Waals surface area contributed by atoms with Gasteiger partial charge in [-0.05, 0) is 31.9 Å². The average Bonchev–Trinajstić information content (AvgIpc) is 2.28. The van der Waals surface area contributed by atoms with Crippen molar-refractivity contribution in [1.82, 2.24) is 4.98 Å². The zero-order valence-electron chi connectivity index (χ0n) is 9.61. The highest BCUT2D eigenvalue weighted by molar-refractivity contribution is 5.30. The molecule has 0 bridgehead atoms. The molecule has 1 rings (SSSR count). The third-order valence-electron chi connectivity index (χ3n) is 2.58. The summed E-state index contributed by atoms with van der Waals surface area (Å²) in [7, 11) is 0. The minimum atomic E-state index is -0.616. The molecule has 2 nitrogen and oxygen atoms in total. The van der Waals surface area contributed by atoms with E-state index in [0.717, 1.165) is 11.4 Å². The number of nitrogens with zero attached hydrogens (tertiary/aromatic N) is 2. The van der Waals surface area contributed by atoms with Crippen LogP contribution in [0.2, 0.25) is 0 Å². The van der Waals surface area contributed by atoms with Crippen molar-refractivity contribution in [2.24, 2.45) is 0 Å². The Morgan fingerprint density at radius 2 is 2.00 bits per heavy atom. The Kier molecular flexibility index (Phi) is 4.02. The molecule has 0 saturated carbocycles. The van der Waals surface area contributed by atoms with Crippen molar-refractivity contribution in [3.8, 4) is 6.07 Å². The van der Waals surface area contributed by atoms with Crippen LogP contribution in [0, 0.1) is 18.3 Å². The Hall–Kier alpha value is -1.88. The zero-order chi connectivity index (χ0) is 12.0. The van der Waals surface area contributed by atoms with E-state index < -0.39 is 5.41 Å². The first-order valence-corrected chi connectivity index (χ1v) is 5.25. The highest BCUT2D eigenvalue weighted by Crippen LogP contribution is 2.30. The predicted octanol–water partition coefficient (Wildman–Crippen LogP) is 3.30. The maximum atomic E-state index is 9.40. The molecule has 0 radical (unpaired) electrons. The third kappa shape index (κ3) is 2.38. The molecule has 0 spiro atoms. The minimum Gasteiger partial charge on any atom is -0.256 e. The summed E-state index contributed by atoms with van der Waals surface area (Å²) in [5.41, 5.74) is 1.11. The molecule has 16 heavy (non-hydrogen) atoms. The van der Waals surface area contributed by atoms with Gasteiger partial charge in [-0.3, -0.25) is 4.98 Å². The number of allylic oxidation sites excluding steroid dienone is 2. The van der Waals surface area contributed by atoms with Gasteiger partial charge in [0.2, 0.25) is 0 Å². The molecule has 1 aromatic heterocycles. The van der Waals surface area contributed by atoms with E-state index in [1.807, 2.05) is 25.1 Å². The van der Waals surface area contributed by atoms with Gasteiger partial charge in [-0.2, -0.15) is 5.26 Å². The fourth-order valence-electron chi connectivity index (χ4n) is 1.74. The second kappa shape index (κ2) is 5.27. The van der Waals surface area contributed by atoms with E-state index in [0.29, 0.717) is 12.8 Å². The van der Waals surface area contributed by atoms with Gasteiger partial charge >= 0.3 is 0 Å². The molecule has 2 heteroatoms. The fraction of sp³-hybridized carbons (Fsp3) is 0.286. The fourth-order valence-corrected chi connectivity index (χ4v) is 1.74. The number of nitriles is 1. The Labute approximate surface area is 96.9 Å². The Balaban J connectivity index is 3.24. The summed E-state index contributed by atoms with van der Waals surface area (Å²) < 4.78 is 0. The first kappa shape index (κ1) is 12.2. The molecule has 0 aliphatic rings. The van der Waals surface area contributed by atoms with Gasteiger partial charge in [0, 0.05) is 5.69 Å². The van der Waals surface area contributed by atoms with Crippen LogP contribution in [0.15, 0.2) is 43.5 Å². The van der Waals surface area contributed by atoms with Crippen LogP contribution >= 0.6 is 0 Å². The first-order chi connectivity index (χ1) is 7.68. The summed E-state index contributed by atoms with van der Waals surface area (Å²) in [6.07, 6.45) is 4.70. The number of hydrogen-bond donors (Lipinski definition) is 0. The maximum absolute atomic E-state index is 9.40. The van der Waals surface area contributed by atoms with Crippen molar-refractivity contribution >= 4 is 0 Å². The quantitative estimate of drug-likeness (QED) is 0.702. The summed E-state index contributed by atoms with van der Waals surface area (Å²) >= 11 is 0. The number of hydrogen-bond acceptors (Lipinski definition) is 2. The van der Waals surface area contributed by atoms with Crippen molar-refractivity contribution in [3.05, 3.63) is 54.9 Å². The van der Waals surface area contributed by atoms with Gasteiger partial charge in [0.25, 0.3) is 0 Å². The van der Waals surface area contributed by atoms with Gasteiger partial charge in [-0.25, -0.2) is 0 Å². The van der Waals surface area contributed by atoms with Gasteiger partial charge in [0.05, 0.1) is 11.8 Å². The van der Waals surface area contributed by atoms with Crippen LogP contribution in [0.4, 0.5) is 0 Å². The lowest BCUT2D eigenvalue weighted by atomic mass is 9.79. The van der Waals surface area contributed by atoms with Gasteiger partial charge in [0.1, 0.15) is 5.41 Å². The average molecular weight is 212 g/mol. The highest BCUT2D eigenvalue weighted by atomic mass is 14.7. The van der Waals surface area contributed by atoms with Crippen molar-refractivity contribution in [1.29, 1.82) is 5.26 Å². The number of aryl methyl sites for hydroxylation is 1. The molecule has 1 heterocycles. The van der Waals surface area contributed by atoms with Crippen LogP contribution in [0.25, 0.3) is 0 Å². The molecule has 0 fully saturated rings. The molecule has 82 valence electrons. The smallest absolute Gasteiger partial charge is 0.106 e. The Morgan fingerprint density at radius 1 is 1.38 bits per heavy atom. The predicted molar refractivity (Wildman–Crippen MR) is 65.9 cm³/mol. The molecule has 0 N–H and O–H groups in total. The van der Waals surface area contributed by atoms with Gasteiger partial charge < -0.3 is 0 Å². The van der Waals surface area contributed by atoms with Crippen molar-refractivity contribution in [3.63, 3.8) is 0 Å². The molecule has 0 unspecified atom stereocenters. The van der Waals surface area contributed by atoms with E-state index in [1.165, 1.54) is 0 Å². The standard InChI is InChI=1S/C14H16N2/c1-4-9-14(11-15,10-5-2)13-8-6-7-12(3)16-13/h4-8H,1-2,9-10H2,3H3. The molecule has 0 atom stereocenters. The molecular weight excluding hydrogens is 196 g/mol. The molecule has 0 aliphatic carbocycles. The zero-order valence-corrected chi connectivity index (χ0v) is 9.61. The largest absolute Gasteiger partial charge is 0.256 e. The van der Waals surface area contributed by atoms with Crippen LogP contribution < -0.4 is 0 Å². The van der Waals surface area contributed by atoms with E-state index >= 15 is 0 Å². The van der Waals surface area contributed by atoms with Crippen LogP contribution in [0.5, 0.6) is 0 Å². The number of rotatable bonds is 5. The van der Waals surface area contributed by atoms with Crippen molar-refractivity contribution in [2.45, 2.75) is 25.2 Å². The second-order valence-corrected chi connectivity index (χ2v) is 3.84. The highest BCUT2D eigenvalue weighted by Gasteiger charge is 2.31. The van der Waals surface area contributed by atoms with Gasteiger partial charge in [-0.1, -0.05) is 18.2 Å². The van der Waals surface area contributed by atoms with Crippen LogP contribution in [-0.4, -0.2) is 4.98 Å². The van der Waals surface area contributed by atoms with E-state index in [-0.39, 0.29) is 0 Å². The van der Waals surface area contributed by atoms with E-state index in [1.54, 1.807) is 12.2 Å². The molecule has 0 aliphatic heterocycles. The molecule has 1 aromatic rings. The minimum absolute atomic E-state index is 0.589. The monoisotopic (exact) mass is 212 g/mol. The van der Waals surface area contributed by atoms with E-state index in [4.69, 9.17) is 0 Å². The van der Waals surface area contributed by atoms with Gasteiger partial charge in [-0.15, -0.1) is 13.2 Å². The Bertz CT molecular complexity index is 417. The van der Waals surface area contributed by atoms with Crippen LogP contribution in [0.1, 0.15) is 24.2 Å². The summed E-state index contributed by atoms with van der Waals surface area (Å²) in [4.78, 5) is 4.44. The van der Waals surface area contributed by atoms with Crippen LogP contribution in [-0.2, 0) is 5.41 Å². The molecule has 0 saturated heterocycles. The SMILES string of the molecule is C=CCC(C#N)(CC=C)c1cccc(C)n1. The third-order valence-corrected chi connectivity index (χ3v) is 2.58. The molecule has 0 amide bonds. The lowest BCUT2D eigenvalue weighted by Crippen LogP contribution is -2.24. The summed E-state index contributed by atoms with van der Waals surface area (Å²) in [5, 5.41) is 9.40. The number of pyridine rings is 1. The maximum Gasteiger partial charge on any atom is 0.106 e. The normalized spacial score (nSPS) is 10.5. The van der Waals surface area contributed by atoms with E-state index in [2.05, 4.69) is 24.2 Å². The topological polar surface area (TPSA) is 36.7 Å². The van der Waals surface area contributed by atoms with E-state index in [9.17, 15) is 5.26 Å². The lowest BCUT2D eigenvalue weighted by molar-refractivity contribution is 0.546. The Morgan fingerprint density at radius 3 is 2.44 bits per heavy atom. The van der Waals surface area contributed by atoms with Crippen molar-refractivity contribution < 1.29 is 0 Å². The summed E-state index contributed by atoms with van der Waals surface area (Å²) in [6, 6.07) is 8.10. The first-order valence-electron chi connectivity index (χ1n) is 5.25. The summed E-state index contributed by atoms with van der Waals surface area (Å²) in [6.45, 7) is 9.34. The summed E-state index contributed by atoms with van der Waals surface area (Å²) in [5.74, 6) is 0. The van der Waals surface area contributed by atoms with Crippen LogP contribution in [0.3, 0.4) is 0 Å². The number of aromatic nitrogens is 1. The second-order valence-electron chi connectivity index (χ2n) is 3.84.